The van der Waals surface area contributed by atoms with E-state index in [1.54, 1.807) is 0 Å². The number of fused-ring (bicyclic) bond motifs is 8. The van der Waals surface area contributed by atoms with Gasteiger partial charge in [-0.15, -0.1) is 0 Å². The molecular formula is C28H42O3. The molecule has 0 radical (unpaired) electrons. The summed E-state index contributed by atoms with van der Waals surface area (Å²) < 4.78 is 12.3. The van der Waals surface area contributed by atoms with E-state index in [1.807, 2.05) is 6.08 Å². The quantitative estimate of drug-likeness (QED) is 0.510. The first-order chi connectivity index (χ1) is 14.5. The second kappa shape index (κ2) is 6.26. The average molecular weight is 427 g/mol. The number of ether oxygens (including phenoxy) is 2. The monoisotopic (exact) mass is 426 g/mol. The van der Waals surface area contributed by atoms with Crippen molar-refractivity contribution >= 4 is 5.78 Å². The van der Waals surface area contributed by atoms with Gasteiger partial charge in [-0.2, -0.15) is 0 Å². The van der Waals surface area contributed by atoms with Crippen LogP contribution in [0, 0.1) is 39.9 Å². The molecule has 6 aliphatic rings. The Kier molecular flexibility index (Phi) is 4.22. The van der Waals surface area contributed by atoms with Crippen LogP contribution in [0.3, 0.4) is 0 Å². The standard InChI is InChI=1S/C28H42O3/c1-16(7-10-22-25(2,3)31-22)18-8-9-20-26(18,4)14-12-21-27(5)13-11-17(29)15-19(27)23-24(30-23)28(20,21)6/h15-16,18,20-24H,7-14H2,1-6H3/t16-,18-,20-,21-,22?,23?,24?,26-,27+,28?/m1/s1. The Hall–Kier alpha value is -0.670. The maximum atomic E-state index is 12.2. The van der Waals surface area contributed by atoms with Crippen molar-refractivity contribution in [2.75, 3.05) is 0 Å². The van der Waals surface area contributed by atoms with Crippen LogP contribution in [-0.2, 0) is 14.3 Å². The molecule has 10 atom stereocenters. The van der Waals surface area contributed by atoms with Gasteiger partial charge in [0, 0.05) is 11.8 Å². The van der Waals surface area contributed by atoms with Crippen molar-refractivity contribution in [3.05, 3.63) is 11.6 Å². The lowest BCUT2D eigenvalue weighted by Gasteiger charge is -2.62. The Bertz CT molecular complexity index is 843. The molecule has 2 aliphatic heterocycles. The summed E-state index contributed by atoms with van der Waals surface area (Å²) in [5, 5.41) is 0. The Morgan fingerprint density at radius 2 is 1.81 bits per heavy atom. The highest BCUT2D eigenvalue weighted by Crippen LogP contribution is 2.75. The highest BCUT2D eigenvalue weighted by atomic mass is 16.6. The molecule has 0 aromatic heterocycles. The van der Waals surface area contributed by atoms with Gasteiger partial charge in [-0.05, 0) is 105 Å². The zero-order chi connectivity index (χ0) is 22.0. The van der Waals surface area contributed by atoms with Gasteiger partial charge in [0.2, 0.25) is 0 Å². The lowest BCUT2D eigenvalue weighted by molar-refractivity contribution is -0.127. The maximum absolute atomic E-state index is 12.2. The summed E-state index contributed by atoms with van der Waals surface area (Å²) in [5.41, 5.74) is 2.34. The molecule has 6 rings (SSSR count). The molecule has 0 spiro atoms. The van der Waals surface area contributed by atoms with Crippen LogP contribution in [-0.4, -0.2) is 29.7 Å². The van der Waals surface area contributed by atoms with E-state index < -0.39 is 0 Å². The van der Waals surface area contributed by atoms with Gasteiger partial charge in [0.15, 0.2) is 5.78 Å². The molecule has 2 heterocycles. The van der Waals surface area contributed by atoms with E-state index in [9.17, 15) is 4.79 Å². The first kappa shape index (κ1) is 20.9. The van der Waals surface area contributed by atoms with Crippen molar-refractivity contribution in [1.29, 1.82) is 0 Å². The molecule has 3 saturated carbocycles. The van der Waals surface area contributed by atoms with E-state index in [2.05, 4.69) is 41.5 Å². The number of hydrogen-bond donors (Lipinski definition) is 0. The van der Waals surface area contributed by atoms with Crippen LogP contribution in [0.4, 0.5) is 0 Å². The molecule has 3 heteroatoms. The van der Waals surface area contributed by atoms with Gasteiger partial charge in [0.1, 0.15) is 6.10 Å². The third-order valence-corrected chi connectivity index (χ3v) is 11.7. The summed E-state index contributed by atoms with van der Waals surface area (Å²) >= 11 is 0. The Morgan fingerprint density at radius 3 is 2.52 bits per heavy atom. The average Bonchev–Trinajstić information content (AvgIpc) is 3.57. The van der Waals surface area contributed by atoms with Crippen LogP contribution >= 0.6 is 0 Å². The number of epoxide rings is 2. The first-order valence-corrected chi connectivity index (χ1v) is 13.1. The van der Waals surface area contributed by atoms with Gasteiger partial charge in [0.05, 0.1) is 17.8 Å². The van der Waals surface area contributed by atoms with Crippen molar-refractivity contribution in [1.82, 2.24) is 0 Å². The second-order valence-electron chi connectivity index (χ2n) is 13.4. The molecule has 0 amide bonds. The van der Waals surface area contributed by atoms with Gasteiger partial charge in [-0.3, -0.25) is 4.79 Å². The summed E-state index contributed by atoms with van der Waals surface area (Å²) in [7, 11) is 0. The van der Waals surface area contributed by atoms with Gasteiger partial charge in [-0.25, -0.2) is 0 Å². The third kappa shape index (κ3) is 2.68. The molecule has 0 N–H and O–H groups in total. The lowest BCUT2D eigenvalue weighted by atomic mass is 9.40. The Morgan fingerprint density at radius 1 is 1.06 bits per heavy atom. The zero-order valence-electron chi connectivity index (χ0n) is 20.5. The number of ketones is 1. The van der Waals surface area contributed by atoms with E-state index in [0.717, 1.165) is 30.6 Å². The fraction of sp³-hybridized carbons (Fsp3) is 0.893. The summed E-state index contributed by atoms with van der Waals surface area (Å²) in [6, 6.07) is 0. The topological polar surface area (TPSA) is 42.1 Å². The van der Waals surface area contributed by atoms with E-state index in [1.165, 1.54) is 44.1 Å². The van der Waals surface area contributed by atoms with E-state index in [-0.39, 0.29) is 22.5 Å². The zero-order valence-corrected chi connectivity index (χ0v) is 20.5. The van der Waals surface area contributed by atoms with Crippen molar-refractivity contribution in [2.24, 2.45) is 39.9 Å². The van der Waals surface area contributed by atoms with Crippen LogP contribution in [0.15, 0.2) is 11.6 Å². The number of carbonyl (C=O) groups excluding carboxylic acids is 1. The van der Waals surface area contributed by atoms with Gasteiger partial charge >= 0.3 is 0 Å². The highest BCUT2D eigenvalue weighted by molar-refractivity contribution is 5.92. The van der Waals surface area contributed by atoms with Crippen LogP contribution in [0.5, 0.6) is 0 Å². The molecule has 0 aromatic rings. The number of rotatable bonds is 4. The maximum Gasteiger partial charge on any atom is 0.155 e. The third-order valence-electron chi connectivity index (χ3n) is 11.7. The van der Waals surface area contributed by atoms with Crippen molar-refractivity contribution in [3.8, 4) is 0 Å². The second-order valence-corrected chi connectivity index (χ2v) is 13.4. The molecule has 5 fully saturated rings. The molecule has 3 nitrogen and oxygen atoms in total. The number of carbonyl (C=O) groups is 1. The minimum atomic E-state index is 0.121. The smallest absolute Gasteiger partial charge is 0.155 e. The molecular weight excluding hydrogens is 384 g/mol. The van der Waals surface area contributed by atoms with Crippen LogP contribution in [0.25, 0.3) is 0 Å². The predicted octanol–water partition coefficient (Wildman–Crippen LogP) is 6.11. The SMILES string of the molecule is C[C@H](CCC1OC1(C)C)[C@H]1CC[C@H]2C3(C)C4OC4C4=CC(=O)CC[C@]4(C)[C@H]3CC[C@]12C. The van der Waals surface area contributed by atoms with Gasteiger partial charge in [0.25, 0.3) is 0 Å². The van der Waals surface area contributed by atoms with Gasteiger partial charge < -0.3 is 9.47 Å². The normalized spacial score (nSPS) is 54.8. The largest absolute Gasteiger partial charge is 0.367 e. The molecule has 4 aliphatic carbocycles. The summed E-state index contributed by atoms with van der Waals surface area (Å²) in [5.74, 6) is 3.34. The summed E-state index contributed by atoms with van der Waals surface area (Å²) in [6.07, 6.45) is 12.7. The van der Waals surface area contributed by atoms with E-state index in [4.69, 9.17) is 9.47 Å². The Balaban J connectivity index is 1.26. The van der Waals surface area contributed by atoms with Crippen molar-refractivity contribution in [3.63, 3.8) is 0 Å². The minimum absolute atomic E-state index is 0.121. The fourth-order valence-corrected chi connectivity index (χ4v) is 9.89. The lowest BCUT2D eigenvalue weighted by Crippen LogP contribution is -2.59. The fourth-order valence-electron chi connectivity index (χ4n) is 9.89. The molecule has 172 valence electrons. The molecule has 31 heavy (non-hydrogen) atoms. The molecule has 0 bridgehead atoms. The minimum Gasteiger partial charge on any atom is -0.367 e. The number of hydrogen-bond acceptors (Lipinski definition) is 3. The van der Waals surface area contributed by atoms with Crippen LogP contribution in [0.1, 0.15) is 92.9 Å². The van der Waals surface area contributed by atoms with E-state index >= 15 is 0 Å². The Labute approximate surface area is 188 Å². The van der Waals surface area contributed by atoms with Crippen molar-refractivity contribution in [2.45, 2.75) is 117 Å². The summed E-state index contributed by atoms with van der Waals surface area (Å²) in [6.45, 7) is 14.7. The van der Waals surface area contributed by atoms with Crippen LogP contribution in [0.2, 0.25) is 0 Å². The summed E-state index contributed by atoms with van der Waals surface area (Å²) in [4.78, 5) is 12.2. The van der Waals surface area contributed by atoms with Crippen molar-refractivity contribution < 1.29 is 14.3 Å². The van der Waals surface area contributed by atoms with E-state index in [0.29, 0.717) is 29.3 Å². The molecule has 0 aromatic carbocycles. The molecule has 4 unspecified atom stereocenters. The van der Waals surface area contributed by atoms with Crippen LogP contribution < -0.4 is 0 Å². The van der Waals surface area contributed by atoms with Gasteiger partial charge in [-0.1, -0.05) is 27.7 Å². The first-order valence-electron chi connectivity index (χ1n) is 13.1. The highest BCUT2D eigenvalue weighted by Gasteiger charge is 2.74. The predicted molar refractivity (Wildman–Crippen MR) is 122 cm³/mol. The molecule has 2 saturated heterocycles.